The molecular weight excluding hydrogens is 794 g/mol. The van der Waals surface area contributed by atoms with Crippen molar-refractivity contribution in [3.8, 4) is 0 Å². The van der Waals surface area contributed by atoms with Crippen molar-refractivity contribution < 1.29 is 67.6 Å². The van der Waals surface area contributed by atoms with E-state index in [1.807, 2.05) is 34.6 Å². The summed E-state index contributed by atoms with van der Waals surface area (Å²) in [6, 6.07) is -1.30. The maximum Gasteiger partial charge on any atom is 0.311 e. The van der Waals surface area contributed by atoms with Crippen LogP contribution >= 0.6 is 0 Å². The van der Waals surface area contributed by atoms with Crippen LogP contribution < -0.4 is 10.6 Å². The number of esters is 2. The Hall–Kier alpha value is -2.03. The van der Waals surface area contributed by atoms with Crippen LogP contribution in [-0.4, -0.2) is 169 Å². The molecule has 3 heterocycles. The molecule has 0 aromatic rings. The lowest BCUT2D eigenvalue weighted by Crippen LogP contribution is -2.61. The Morgan fingerprint density at radius 2 is 1.52 bits per heavy atom. The minimum atomic E-state index is -1.97. The maximum absolute atomic E-state index is 14.4. The zero-order valence-electron chi connectivity index (χ0n) is 39.6. The lowest BCUT2D eigenvalue weighted by molar-refractivity contribution is -0.318. The van der Waals surface area contributed by atoms with Crippen molar-refractivity contribution in [3.05, 3.63) is 0 Å². The first-order valence-electron chi connectivity index (χ1n) is 22.4. The summed E-state index contributed by atoms with van der Waals surface area (Å²) in [7, 11) is 4.79. The second-order valence-corrected chi connectivity index (χ2v) is 18.3. The van der Waals surface area contributed by atoms with Crippen LogP contribution in [0.15, 0.2) is 0 Å². The first-order valence-corrected chi connectivity index (χ1v) is 22.4. The van der Waals surface area contributed by atoms with E-state index in [4.69, 9.17) is 37.9 Å². The number of nitrogens with one attached hydrogen (secondary N) is 2. The van der Waals surface area contributed by atoms with Crippen molar-refractivity contribution in [3.63, 3.8) is 0 Å². The number of nitrogens with zero attached hydrogens (tertiary/aromatic N) is 1. The van der Waals surface area contributed by atoms with Gasteiger partial charge in [0.2, 0.25) is 5.91 Å². The molecule has 17 heteroatoms. The van der Waals surface area contributed by atoms with Crippen LogP contribution in [0.5, 0.6) is 0 Å². The standard InChI is InChI=1S/C44H81N3O14/c1-16-31-44(12,53)36(50)28(8)46-39(51)24(4)22-42(10,54-14)37(61-41-34(49)30(45-13)21-25(5)56-41)26(6)35(27(7)40(52)58-31)60-33-23-43(11,55-15)38(29(9)57-33)59-32(48)19-20-47(17-2)18-3/h24-31,33-38,41,45,49-50,53H,16-23H2,1-15H3,(H,46,51)/t24-,25-,26+,27-,28-,29+,30+,31-,33+,34-,35+,36-,37-,38?,41+,42-,43-,44-/m1/s1. The number of aliphatic hydroxyl groups is 3. The number of amides is 1. The number of ether oxygens (including phenoxy) is 8. The molecule has 61 heavy (non-hydrogen) atoms. The third kappa shape index (κ3) is 12.8. The van der Waals surface area contributed by atoms with Gasteiger partial charge in [0.25, 0.3) is 0 Å². The summed E-state index contributed by atoms with van der Waals surface area (Å²) in [5, 5.41) is 40.7. The second kappa shape index (κ2) is 22.7. The number of methoxy groups -OCH3 is 2. The summed E-state index contributed by atoms with van der Waals surface area (Å²) in [5.74, 6) is -4.09. The number of hydrogen-bond donors (Lipinski definition) is 5. The Labute approximate surface area is 364 Å². The molecule has 0 radical (unpaired) electrons. The minimum Gasteiger partial charge on any atom is -0.459 e. The van der Waals surface area contributed by atoms with E-state index in [-0.39, 0.29) is 43.8 Å². The van der Waals surface area contributed by atoms with Crippen molar-refractivity contribution in [1.29, 1.82) is 0 Å². The molecule has 5 N–H and O–H groups in total. The fourth-order valence-electron chi connectivity index (χ4n) is 9.41. The third-order valence-electron chi connectivity index (χ3n) is 13.6. The topological polar surface area (TPSA) is 213 Å². The molecule has 0 aromatic heterocycles. The van der Waals surface area contributed by atoms with Crippen LogP contribution in [0.4, 0.5) is 0 Å². The summed E-state index contributed by atoms with van der Waals surface area (Å²) < 4.78 is 50.9. The first-order chi connectivity index (χ1) is 28.5. The van der Waals surface area contributed by atoms with Gasteiger partial charge in [0.1, 0.15) is 29.5 Å². The minimum absolute atomic E-state index is 0.0839. The highest BCUT2D eigenvalue weighted by molar-refractivity contribution is 5.78. The van der Waals surface area contributed by atoms with Gasteiger partial charge in [-0.1, -0.05) is 34.6 Å². The van der Waals surface area contributed by atoms with Crippen molar-refractivity contribution in [2.45, 2.75) is 205 Å². The molecule has 18 atom stereocenters. The number of hydrogen-bond acceptors (Lipinski definition) is 16. The zero-order valence-corrected chi connectivity index (χ0v) is 39.6. The SMILES string of the molecule is CC[C@H]1OC(=O)[C@H](C)[C@@H](O[C@H]2C[C@@](C)(OC)C(OC(=O)CCN(CC)CC)[C@H](C)O2)[C@H](C)[C@@H](O[C@@H]2O[C@H](C)C[C@H](NC)[C@H]2O)[C@](C)(OC)C[C@@H](C)C(=O)N[C@H](C)[C@@H](O)[C@]1(C)O. The van der Waals surface area contributed by atoms with Gasteiger partial charge in [-0.25, -0.2) is 0 Å². The normalized spacial score (nSPS) is 43.5. The van der Waals surface area contributed by atoms with Crippen LogP contribution in [-0.2, 0) is 52.3 Å². The van der Waals surface area contributed by atoms with E-state index in [0.717, 1.165) is 13.1 Å². The van der Waals surface area contributed by atoms with Crippen LogP contribution in [0.3, 0.4) is 0 Å². The van der Waals surface area contributed by atoms with Crippen molar-refractivity contribution in [2.24, 2.45) is 17.8 Å². The average molecular weight is 876 g/mol. The number of rotatable bonds is 14. The Morgan fingerprint density at radius 1 is 0.918 bits per heavy atom. The molecule has 17 nitrogen and oxygen atoms in total. The molecule has 3 saturated heterocycles. The summed E-state index contributed by atoms with van der Waals surface area (Å²) in [6.45, 7) is 23.4. The van der Waals surface area contributed by atoms with Gasteiger partial charge in [-0.3, -0.25) is 14.4 Å². The van der Waals surface area contributed by atoms with Gasteiger partial charge in [0.05, 0.1) is 48.4 Å². The number of cyclic esters (lactones) is 1. The number of aliphatic hydroxyl groups excluding tert-OH is 2. The Kier molecular flexibility index (Phi) is 19.9. The summed E-state index contributed by atoms with van der Waals surface area (Å²) in [5.41, 5.74) is -4.33. The molecule has 0 aromatic carbocycles. The summed E-state index contributed by atoms with van der Waals surface area (Å²) >= 11 is 0. The summed E-state index contributed by atoms with van der Waals surface area (Å²) in [4.78, 5) is 43.6. The van der Waals surface area contributed by atoms with Gasteiger partial charge in [0.15, 0.2) is 18.7 Å². The largest absolute Gasteiger partial charge is 0.459 e. The average Bonchev–Trinajstić information content (AvgIpc) is 3.22. The van der Waals surface area contributed by atoms with Crippen molar-refractivity contribution >= 4 is 17.8 Å². The lowest BCUT2D eigenvalue weighted by atomic mass is 9.77. The molecule has 3 fully saturated rings. The Morgan fingerprint density at radius 3 is 2.08 bits per heavy atom. The Balaban J connectivity index is 2.15. The molecule has 1 unspecified atom stereocenters. The molecule has 3 aliphatic heterocycles. The monoisotopic (exact) mass is 876 g/mol. The molecule has 3 aliphatic rings. The first kappa shape index (κ1) is 53.3. The Bertz CT molecular complexity index is 1400. The fourth-order valence-corrected chi connectivity index (χ4v) is 9.41. The molecule has 0 bridgehead atoms. The van der Waals surface area contributed by atoms with Crippen molar-refractivity contribution in [1.82, 2.24) is 15.5 Å². The van der Waals surface area contributed by atoms with Crippen LogP contribution in [0.1, 0.15) is 115 Å². The van der Waals surface area contributed by atoms with E-state index in [9.17, 15) is 29.7 Å². The predicted octanol–water partition coefficient (Wildman–Crippen LogP) is 2.68. The number of likely N-dealkylation sites (N-methyl/N-ethyl adjacent to an activating group) is 1. The molecule has 1 amide bonds. The van der Waals surface area contributed by atoms with Gasteiger partial charge < -0.3 is 68.7 Å². The predicted molar refractivity (Wildman–Crippen MR) is 226 cm³/mol. The summed E-state index contributed by atoms with van der Waals surface area (Å²) in [6.07, 6.45) is -8.78. The fraction of sp³-hybridized carbons (Fsp3) is 0.932. The van der Waals surface area contributed by atoms with Gasteiger partial charge >= 0.3 is 11.9 Å². The molecule has 0 saturated carbocycles. The highest BCUT2D eigenvalue weighted by atomic mass is 16.7. The van der Waals surface area contributed by atoms with Crippen molar-refractivity contribution in [2.75, 3.05) is 40.9 Å². The number of carbonyl (C=O) groups excluding carboxylic acids is 3. The maximum atomic E-state index is 14.4. The lowest BCUT2D eigenvalue weighted by Gasteiger charge is -2.49. The van der Waals surface area contributed by atoms with Crippen LogP contribution in [0, 0.1) is 17.8 Å². The van der Waals surface area contributed by atoms with Crippen LogP contribution in [0.25, 0.3) is 0 Å². The molecule has 3 rings (SSSR count). The third-order valence-corrected chi connectivity index (χ3v) is 13.6. The molecule has 0 spiro atoms. The van der Waals surface area contributed by atoms with Gasteiger partial charge in [-0.2, -0.15) is 0 Å². The van der Waals surface area contributed by atoms with E-state index in [1.54, 1.807) is 48.6 Å². The molecule has 356 valence electrons. The zero-order chi connectivity index (χ0) is 46.2. The van der Waals surface area contributed by atoms with Gasteiger partial charge in [-0.05, 0) is 87.9 Å². The van der Waals surface area contributed by atoms with Crippen LogP contribution in [0.2, 0.25) is 0 Å². The van der Waals surface area contributed by atoms with E-state index in [0.29, 0.717) is 13.0 Å². The van der Waals surface area contributed by atoms with E-state index < -0.39 is 108 Å². The second-order valence-electron chi connectivity index (χ2n) is 18.3. The van der Waals surface area contributed by atoms with Gasteiger partial charge in [-0.15, -0.1) is 0 Å². The molecular formula is C44H81N3O14. The highest BCUT2D eigenvalue weighted by Gasteiger charge is 2.54. The number of carbonyl (C=O) groups is 3. The van der Waals surface area contributed by atoms with E-state index >= 15 is 0 Å². The highest BCUT2D eigenvalue weighted by Crippen LogP contribution is 2.41. The van der Waals surface area contributed by atoms with E-state index in [1.165, 1.54) is 21.1 Å². The quantitative estimate of drug-likeness (QED) is 0.159. The van der Waals surface area contributed by atoms with Gasteiger partial charge in [0, 0.05) is 45.1 Å². The molecule has 0 aliphatic carbocycles. The smallest absolute Gasteiger partial charge is 0.311 e. The van der Waals surface area contributed by atoms with E-state index in [2.05, 4.69) is 15.5 Å².